The number of benzene rings is 1. The van der Waals surface area contributed by atoms with E-state index in [0.717, 1.165) is 5.56 Å². The lowest BCUT2D eigenvalue weighted by Gasteiger charge is -2.33. The summed E-state index contributed by atoms with van der Waals surface area (Å²) in [7, 11) is 0. The highest BCUT2D eigenvalue weighted by Crippen LogP contribution is 2.41. The fraction of sp³-hybridized carbons (Fsp3) is 0.231. The fourth-order valence-corrected chi connectivity index (χ4v) is 2.35. The van der Waals surface area contributed by atoms with Gasteiger partial charge in [0.1, 0.15) is 11.4 Å². The number of aromatic nitrogens is 2. The van der Waals surface area contributed by atoms with Crippen molar-refractivity contribution in [3.8, 4) is 17.0 Å². The van der Waals surface area contributed by atoms with Gasteiger partial charge in [0.05, 0.1) is 11.3 Å². The van der Waals surface area contributed by atoms with E-state index in [1.165, 1.54) is 0 Å². The van der Waals surface area contributed by atoms with Crippen LogP contribution in [0.4, 0.5) is 0 Å². The van der Waals surface area contributed by atoms with Crippen molar-refractivity contribution in [2.45, 2.75) is 19.4 Å². The molecule has 0 aliphatic carbocycles. The lowest BCUT2D eigenvalue weighted by Crippen LogP contribution is -2.39. The molecule has 1 aliphatic heterocycles. The van der Waals surface area contributed by atoms with Gasteiger partial charge in [-0.2, -0.15) is 0 Å². The van der Waals surface area contributed by atoms with Gasteiger partial charge in [-0.1, -0.05) is 12.1 Å². The minimum atomic E-state index is -0.776. The largest absolute Gasteiger partial charge is 0.482 e. The molecule has 0 bridgehead atoms. The molecule has 0 amide bonds. The van der Waals surface area contributed by atoms with Gasteiger partial charge in [0.15, 0.2) is 0 Å². The lowest BCUT2D eigenvalue weighted by atomic mass is 9.91. The number of ether oxygens (including phenoxy) is 1. The molecule has 18 heavy (non-hydrogen) atoms. The Bertz CT molecular complexity index is 740. The number of aromatic amines is 2. The second-order valence-electron chi connectivity index (χ2n) is 4.77. The summed E-state index contributed by atoms with van der Waals surface area (Å²) in [4.78, 5) is 28.3. The molecule has 0 spiro atoms. The number of fused-ring (bicyclic) bond motifs is 3. The summed E-state index contributed by atoms with van der Waals surface area (Å²) < 4.78 is 5.82. The SMILES string of the molecule is CC1(C)Oc2ccccc2-c2[nH]c(=O)[nH]c(=O)c21. The van der Waals surface area contributed by atoms with Crippen LogP contribution in [0.15, 0.2) is 33.9 Å². The van der Waals surface area contributed by atoms with Crippen LogP contribution in [0, 0.1) is 0 Å². The molecule has 3 rings (SSSR count). The Labute approximate surface area is 102 Å². The summed E-state index contributed by atoms with van der Waals surface area (Å²) >= 11 is 0. The number of para-hydroxylation sites is 1. The number of nitrogens with one attached hydrogen (secondary N) is 2. The summed E-state index contributed by atoms with van der Waals surface area (Å²) in [5, 5.41) is 0. The molecule has 92 valence electrons. The smallest absolute Gasteiger partial charge is 0.326 e. The normalized spacial score (nSPS) is 15.4. The van der Waals surface area contributed by atoms with Crippen molar-refractivity contribution in [2.24, 2.45) is 0 Å². The first-order valence-corrected chi connectivity index (χ1v) is 5.64. The molecule has 0 fully saturated rings. The minimum absolute atomic E-state index is 0.409. The van der Waals surface area contributed by atoms with Crippen LogP contribution in [0.25, 0.3) is 11.3 Å². The molecule has 0 unspecified atom stereocenters. The van der Waals surface area contributed by atoms with E-state index in [1.807, 2.05) is 24.3 Å². The van der Waals surface area contributed by atoms with Crippen LogP contribution < -0.4 is 16.0 Å². The molecular weight excluding hydrogens is 232 g/mol. The molecule has 2 heterocycles. The van der Waals surface area contributed by atoms with E-state index < -0.39 is 16.9 Å². The zero-order valence-corrected chi connectivity index (χ0v) is 10.0. The van der Waals surface area contributed by atoms with Crippen LogP contribution in [0.1, 0.15) is 19.4 Å². The summed E-state index contributed by atoms with van der Waals surface area (Å²) in [6.07, 6.45) is 0. The molecule has 0 saturated carbocycles. The first kappa shape index (κ1) is 10.8. The van der Waals surface area contributed by atoms with Crippen molar-refractivity contribution >= 4 is 0 Å². The molecule has 5 nitrogen and oxygen atoms in total. The quantitative estimate of drug-likeness (QED) is 0.734. The van der Waals surface area contributed by atoms with Gasteiger partial charge >= 0.3 is 5.69 Å². The first-order valence-electron chi connectivity index (χ1n) is 5.64. The van der Waals surface area contributed by atoms with Gasteiger partial charge < -0.3 is 9.72 Å². The Kier molecular flexibility index (Phi) is 2.02. The number of rotatable bonds is 0. The summed E-state index contributed by atoms with van der Waals surface area (Å²) in [5.41, 5.74) is 0.0208. The van der Waals surface area contributed by atoms with Crippen molar-refractivity contribution in [1.29, 1.82) is 0 Å². The number of hydrogen-bond acceptors (Lipinski definition) is 3. The summed E-state index contributed by atoms with van der Waals surface area (Å²) in [5.74, 6) is 0.663. The van der Waals surface area contributed by atoms with Crippen LogP contribution in [-0.2, 0) is 5.60 Å². The zero-order valence-electron chi connectivity index (χ0n) is 10.0. The molecule has 0 saturated heterocycles. The Morgan fingerprint density at radius 2 is 1.83 bits per heavy atom. The van der Waals surface area contributed by atoms with E-state index in [9.17, 15) is 9.59 Å². The van der Waals surface area contributed by atoms with Crippen LogP contribution >= 0.6 is 0 Å². The van der Waals surface area contributed by atoms with Gasteiger partial charge in [-0.15, -0.1) is 0 Å². The van der Waals surface area contributed by atoms with Crippen molar-refractivity contribution in [1.82, 2.24) is 9.97 Å². The number of hydrogen-bond donors (Lipinski definition) is 2. The Balaban J connectivity index is 2.47. The second-order valence-corrected chi connectivity index (χ2v) is 4.77. The minimum Gasteiger partial charge on any atom is -0.482 e. The summed E-state index contributed by atoms with van der Waals surface area (Å²) in [6, 6.07) is 7.33. The van der Waals surface area contributed by atoms with Gasteiger partial charge in [-0.05, 0) is 26.0 Å². The summed E-state index contributed by atoms with van der Waals surface area (Å²) in [6.45, 7) is 3.60. The van der Waals surface area contributed by atoms with Crippen LogP contribution in [0.2, 0.25) is 0 Å². The van der Waals surface area contributed by atoms with Crippen LogP contribution in [0.3, 0.4) is 0 Å². The molecule has 1 aromatic carbocycles. The van der Waals surface area contributed by atoms with Crippen molar-refractivity contribution < 1.29 is 4.74 Å². The average molecular weight is 244 g/mol. The molecular formula is C13H12N2O3. The standard InChI is InChI=1S/C13H12N2O3/c1-13(2)9-10(14-12(17)15-11(9)16)7-5-3-4-6-8(7)18-13/h3-6H,1-2H3,(H2,14,15,16,17). The van der Waals surface area contributed by atoms with Crippen LogP contribution in [0.5, 0.6) is 5.75 Å². The Morgan fingerprint density at radius 1 is 1.11 bits per heavy atom. The van der Waals surface area contributed by atoms with E-state index in [0.29, 0.717) is 17.0 Å². The highest BCUT2D eigenvalue weighted by Gasteiger charge is 2.35. The lowest BCUT2D eigenvalue weighted by molar-refractivity contribution is 0.103. The van der Waals surface area contributed by atoms with Crippen molar-refractivity contribution in [3.05, 3.63) is 50.7 Å². The van der Waals surface area contributed by atoms with Gasteiger partial charge in [-0.25, -0.2) is 4.79 Å². The average Bonchev–Trinajstić information content (AvgIpc) is 2.26. The molecule has 2 N–H and O–H groups in total. The van der Waals surface area contributed by atoms with Gasteiger partial charge in [-0.3, -0.25) is 9.78 Å². The second kappa shape index (κ2) is 3.35. The van der Waals surface area contributed by atoms with E-state index in [2.05, 4.69) is 9.97 Å². The van der Waals surface area contributed by atoms with Gasteiger partial charge in [0, 0.05) is 5.56 Å². The molecule has 2 aromatic rings. The molecule has 0 atom stereocenters. The number of H-pyrrole nitrogens is 2. The zero-order chi connectivity index (χ0) is 12.9. The van der Waals surface area contributed by atoms with E-state index in [-0.39, 0.29) is 0 Å². The maximum Gasteiger partial charge on any atom is 0.326 e. The maximum atomic E-state index is 12.0. The third-order valence-corrected chi connectivity index (χ3v) is 3.07. The van der Waals surface area contributed by atoms with E-state index >= 15 is 0 Å². The van der Waals surface area contributed by atoms with Gasteiger partial charge in [0.2, 0.25) is 0 Å². The maximum absolute atomic E-state index is 12.0. The first-order chi connectivity index (χ1) is 8.49. The van der Waals surface area contributed by atoms with E-state index in [1.54, 1.807) is 13.8 Å². The predicted molar refractivity (Wildman–Crippen MR) is 66.8 cm³/mol. The molecule has 0 radical (unpaired) electrons. The third-order valence-electron chi connectivity index (χ3n) is 3.07. The topological polar surface area (TPSA) is 75.0 Å². The highest BCUT2D eigenvalue weighted by atomic mass is 16.5. The van der Waals surface area contributed by atoms with Crippen LogP contribution in [-0.4, -0.2) is 9.97 Å². The third kappa shape index (κ3) is 1.40. The Morgan fingerprint density at radius 3 is 2.61 bits per heavy atom. The molecule has 1 aromatic heterocycles. The Hall–Kier alpha value is -2.30. The predicted octanol–water partition coefficient (Wildman–Crippen LogP) is 1.36. The monoisotopic (exact) mass is 244 g/mol. The fourth-order valence-electron chi connectivity index (χ4n) is 2.35. The molecule has 1 aliphatic rings. The highest BCUT2D eigenvalue weighted by molar-refractivity contribution is 5.72. The van der Waals surface area contributed by atoms with Crippen molar-refractivity contribution in [2.75, 3.05) is 0 Å². The molecule has 5 heteroatoms. The van der Waals surface area contributed by atoms with Gasteiger partial charge in [0.25, 0.3) is 5.56 Å². The van der Waals surface area contributed by atoms with Crippen molar-refractivity contribution in [3.63, 3.8) is 0 Å². The van der Waals surface area contributed by atoms with E-state index in [4.69, 9.17) is 4.74 Å².